The smallest absolute Gasteiger partial charge is 0.251 e. The van der Waals surface area contributed by atoms with Crippen molar-refractivity contribution >= 4 is 5.91 Å². The molecule has 0 spiro atoms. The average molecular weight is 264 g/mol. The van der Waals surface area contributed by atoms with Gasteiger partial charge in [0.15, 0.2) is 0 Å². The highest BCUT2D eigenvalue weighted by Crippen LogP contribution is 2.04. The second-order valence-electron chi connectivity index (χ2n) is 4.49. The number of benzene rings is 1. The van der Waals surface area contributed by atoms with Gasteiger partial charge in [-0.25, -0.2) is 0 Å². The van der Waals surface area contributed by atoms with Crippen molar-refractivity contribution in [2.75, 3.05) is 26.2 Å². The third-order valence-electron chi connectivity index (χ3n) is 3.23. The first-order valence-electron chi connectivity index (χ1n) is 6.91. The number of carbonyl (C=O) groups excluding carboxylic acids is 1. The van der Waals surface area contributed by atoms with E-state index in [1.54, 1.807) is 24.3 Å². The minimum atomic E-state index is -0.0518. The van der Waals surface area contributed by atoms with Gasteiger partial charge in [0.1, 0.15) is 0 Å². The molecule has 4 heteroatoms. The van der Waals surface area contributed by atoms with Crippen LogP contribution in [0.3, 0.4) is 0 Å². The van der Waals surface area contributed by atoms with Gasteiger partial charge < -0.3 is 15.3 Å². The summed E-state index contributed by atoms with van der Waals surface area (Å²) >= 11 is 0. The molecule has 106 valence electrons. The molecular formula is C15H24N2O2. The summed E-state index contributed by atoms with van der Waals surface area (Å²) in [5.74, 6) is -0.0518. The molecule has 0 bridgehead atoms. The first kappa shape index (κ1) is 15.7. The largest absolute Gasteiger partial charge is 0.392 e. The van der Waals surface area contributed by atoms with Gasteiger partial charge in [0.05, 0.1) is 6.61 Å². The Balaban J connectivity index is 2.30. The zero-order valence-electron chi connectivity index (χ0n) is 11.9. The maximum Gasteiger partial charge on any atom is 0.251 e. The summed E-state index contributed by atoms with van der Waals surface area (Å²) in [7, 11) is 0. The molecule has 0 aliphatic carbocycles. The lowest BCUT2D eigenvalue weighted by atomic mass is 10.1. The molecule has 19 heavy (non-hydrogen) atoms. The minimum Gasteiger partial charge on any atom is -0.392 e. The van der Waals surface area contributed by atoms with Crippen molar-refractivity contribution < 1.29 is 9.90 Å². The van der Waals surface area contributed by atoms with Crippen LogP contribution in [0.2, 0.25) is 0 Å². The Morgan fingerprint density at radius 1 is 1.21 bits per heavy atom. The van der Waals surface area contributed by atoms with Crippen molar-refractivity contribution in [2.45, 2.75) is 26.9 Å². The summed E-state index contributed by atoms with van der Waals surface area (Å²) in [5, 5.41) is 11.8. The van der Waals surface area contributed by atoms with Gasteiger partial charge in [-0.15, -0.1) is 0 Å². The maximum atomic E-state index is 11.8. The van der Waals surface area contributed by atoms with Crippen molar-refractivity contribution in [1.29, 1.82) is 0 Å². The van der Waals surface area contributed by atoms with Crippen LogP contribution in [-0.2, 0) is 6.61 Å². The fraction of sp³-hybridized carbons (Fsp3) is 0.533. The molecule has 1 rings (SSSR count). The molecule has 1 aromatic rings. The van der Waals surface area contributed by atoms with Crippen LogP contribution >= 0.6 is 0 Å². The highest BCUT2D eigenvalue weighted by atomic mass is 16.3. The molecule has 0 atom stereocenters. The Morgan fingerprint density at radius 2 is 1.84 bits per heavy atom. The second kappa shape index (κ2) is 8.67. The van der Waals surface area contributed by atoms with E-state index in [0.717, 1.165) is 31.6 Å². The Morgan fingerprint density at radius 3 is 2.37 bits per heavy atom. The van der Waals surface area contributed by atoms with E-state index in [0.29, 0.717) is 12.1 Å². The molecule has 0 saturated carbocycles. The molecule has 2 N–H and O–H groups in total. The Bertz CT molecular complexity index is 372. The highest BCUT2D eigenvalue weighted by molar-refractivity contribution is 5.94. The number of nitrogens with one attached hydrogen (secondary N) is 1. The third kappa shape index (κ3) is 5.41. The quantitative estimate of drug-likeness (QED) is 0.702. The first-order chi connectivity index (χ1) is 9.21. The van der Waals surface area contributed by atoms with E-state index in [9.17, 15) is 4.79 Å². The van der Waals surface area contributed by atoms with Crippen LogP contribution in [0, 0.1) is 0 Å². The van der Waals surface area contributed by atoms with Crippen molar-refractivity contribution in [3.05, 3.63) is 35.4 Å². The minimum absolute atomic E-state index is 0.00572. The lowest BCUT2D eigenvalue weighted by Crippen LogP contribution is -2.29. The van der Waals surface area contributed by atoms with Crippen molar-refractivity contribution in [3.63, 3.8) is 0 Å². The van der Waals surface area contributed by atoms with Crippen LogP contribution in [0.25, 0.3) is 0 Å². The van der Waals surface area contributed by atoms with Gasteiger partial charge in [0.2, 0.25) is 0 Å². The molecule has 0 aliphatic rings. The summed E-state index contributed by atoms with van der Waals surface area (Å²) in [6, 6.07) is 7.02. The summed E-state index contributed by atoms with van der Waals surface area (Å²) in [6.45, 7) is 8.09. The van der Waals surface area contributed by atoms with E-state index < -0.39 is 0 Å². The molecular weight excluding hydrogens is 240 g/mol. The number of aliphatic hydroxyl groups excluding tert-OH is 1. The Hall–Kier alpha value is -1.39. The molecule has 0 fully saturated rings. The van der Waals surface area contributed by atoms with Gasteiger partial charge in [-0.2, -0.15) is 0 Å². The molecule has 0 aliphatic heterocycles. The molecule has 0 heterocycles. The number of amides is 1. The van der Waals surface area contributed by atoms with E-state index >= 15 is 0 Å². The molecule has 0 aromatic heterocycles. The third-order valence-corrected chi connectivity index (χ3v) is 3.23. The summed E-state index contributed by atoms with van der Waals surface area (Å²) in [6.07, 6.45) is 0.960. The van der Waals surface area contributed by atoms with E-state index in [4.69, 9.17) is 5.11 Å². The van der Waals surface area contributed by atoms with Gasteiger partial charge in [0.25, 0.3) is 5.91 Å². The highest BCUT2D eigenvalue weighted by Gasteiger charge is 2.05. The van der Waals surface area contributed by atoms with E-state index in [1.807, 2.05) is 0 Å². The molecule has 4 nitrogen and oxygen atoms in total. The maximum absolute atomic E-state index is 11.8. The van der Waals surface area contributed by atoms with Crippen molar-refractivity contribution in [1.82, 2.24) is 10.2 Å². The topological polar surface area (TPSA) is 52.6 Å². The van der Waals surface area contributed by atoms with Gasteiger partial charge in [-0.05, 0) is 43.8 Å². The van der Waals surface area contributed by atoms with Gasteiger partial charge in [0, 0.05) is 12.1 Å². The zero-order chi connectivity index (χ0) is 14.1. The molecule has 1 amide bonds. The fourth-order valence-electron chi connectivity index (χ4n) is 1.91. The van der Waals surface area contributed by atoms with Crippen LogP contribution < -0.4 is 5.32 Å². The summed E-state index contributed by atoms with van der Waals surface area (Å²) in [4.78, 5) is 14.2. The summed E-state index contributed by atoms with van der Waals surface area (Å²) in [5.41, 5.74) is 1.46. The predicted octanol–water partition coefficient (Wildman–Crippen LogP) is 1.64. The average Bonchev–Trinajstić information content (AvgIpc) is 2.47. The monoisotopic (exact) mass is 264 g/mol. The van der Waals surface area contributed by atoms with Crippen LogP contribution in [0.1, 0.15) is 36.2 Å². The second-order valence-corrected chi connectivity index (χ2v) is 4.49. The van der Waals surface area contributed by atoms with Gasteiger partial charge in [-0.3, -0.25) is 4.79 Å². The van der Waals surface area contributed by atoms with Crippen LogP contribution in [0.15, 0.2) is 24.3 Å². The van der Waals surface area contributed by atoms with Crippen molar-refractivity contribution in [3.8, 4) is 0 Å². The fourth-order valence-corrected chi connectivity index (χ4v) is 1.91. The number of nitrogens with zero attached hydrogens (tertiary/aromatic N) is 1. The van der Waals surface area contributed by atoms with E-state index in [1.165, 1.54) is 0 Å². The van der Waals surface area contributed by atoms with Crippen LogP contribution in [0.4, 0.5) is 0 Å². The summed E-state index contributed by atoms with van der Waals surface area (Å²) < 4.78 is 0. The van der Waals surface area contributed by atoms with Gasteiger partial charge in [-0.1, -0.05) is 26.0 Å². The lowest BCUT2D eigenvalue weighted by molar-refractivity contribution is 0.0951. The van der Waals surface area contributed by atoms with E-state index in [2.05, 4.69) is 24.1 Å². The normalized spacial score (nSPS) is 10.7. The Labute approximate surface area is 115 Å². The van der Waals surface area contributed by atoms with Gasteiger partial charge >= 0.3 is 0 Å². The zero-order valence-corrected chi connectivity index (χ0v) is 11.9. The molecule has 0 unspecified atom stereocenters. The van der Waals surface area contributed by atoms with Crippen molar-refractivity contribution in [2.24, 2.45) is 0 Å². The van der Waals surface area contributed by atoms with E-state index in [-0.39, 0.29) is 12.5 Å². The van der Waals surface area contributed by atoms with Crippen LogP contribution in [0.5, 0.6) is 0 Å². The number of hydrogen-bond acceptors (Lipinski definition) is 3. The SMILES string of the molecule is CCN(CC)CCCNC(=O)c1ccc(CO)cc1. The lowest BCUT2D eigenvalue weighted by Gasteiger charge is -2.17. The first-order valence-corrected chi connectivity index (χ1v) is 6.91. The Kier molecular flexibility index (Phi) is 7.15. The molecule has 1 aromatic carbocycles. The number of rotatable bonds is 8. The number of aliphatic hydroxyl groups is 1. The molecule has 0 saturated heterocycles. The number of carbonyl (C=O) groups is 1. The molecule has 0 radical (unpaired) electrons. The predicted molar refractivity (Wildman–Crippen MR) is 77.1 cm³/mol. The standard InChI is InChI=1S/C15H24N2O2/c1-3-17(4-2)11-5-10-16-15(19)14-8-6-13(12-18)7-9-14/h6-9,18H,3-5,10-12H2,1-2H3,(H,16,19). The van der Waals surface area contributed by atoms with Crippen LogP contribution in [-0.4, -0.2) is 42.1 Å². The number of hydrogen-bond donors (Lipinski definition) is 2.